The highest BCUT2D eigenvalue weighted by Crippen LogP contribution is 2.28. The van der Waals surface area contributed by atoms with Crippen LogP contribution in [-0.2, 0) is 23.8 Å². The Balaban J connectivity index is 2.12. The maximum atomic E-state index is 12.6. The first-order valence-corrected chi connectivity index (χ1v) is 11.2. The van der Waals surface area contributed by atoms with E-state index in [4.69, 9.17) is 14.2 Å². The van der Waals surface area contributed by atoms with E-state index in [2.05, 4.69) is 15.6 Å². The number of aliphatic hydroxyl groups excluding tert-OH is 3. The van der Waals surface area contributed by atoms with Crippen LogP contribution in [0.5, 0.6) is 0 Å². The van der Waals surface area contributed by atoms with E-state index in [1.54, 1.807) is 41.5 Å². The topological polar surface area (TPSA) is 199 Å². The average molecular weight is 515 g/mol. The first kappa shape index (κ1) is 29.2. The maximum absolute atomic E-state index is 12.6. The van der Waals surface area contributed by atoms with Gasteiger partial charge in [-0.15, -0.1) is 0 Å². The Bertz CT molecular complexity index is 1010. The molecule has 2 rings (SSSR count). The van der Waals surface area contributed by atoms with Crippen molar-refractivity contribution in [3.05, 3.63) is 22.7 Å². The highest BCUT2D eigenvalue weighted by molar-refractivity contribution is 5.94. The SMILES string of the molecule is CC(C)(C)OC(=O)NC(CC(=O)Nc1ccn(C2OC(CO)C(O)C2O)c(=O)n1)C(=O)OC(C)(C)C. The van der Waals surface area contributed by atoms with Gasteiger partial charge < -0.3 is 40.2 Å². The Morgan fingerprint density at radius 1 is 1.11 bits per heavy atom. The van der Waals surface area contributed by atoms with E-state index in [1.807, 2.05) is 0 Å². The van der Waals surface area contributed by atoms with Gasteiger partial charge in [-0.25, -0.2) is 14.4 Å². The standard InChI is InChI=1S/C22H34N4O10/c1-21(2,3)35-18(31)11(23-20(33)36-22(4,5)6)9-14(28)24-13-7-8-26(19(32)25-13)17-16(30)15(29)12(10-27)34-17/h7-8,11-12,15-17,27,29-30H,9-10H2,1-6H3,(H,23,33)(H,24,25,28,32). The lowest BCUT2D eigenvalue weighted by Crippen LogP contribution is -2.47. The molecule has 2 amide bonds. The van der Waals surface area contributed by atoms with Crippen LogP contribution in [0, 0.1) is 0 Å². The minimum Gasteiger partial charge on any atom is -0.458 e. The van der Waals surface area contributed by atoms with E-state index in [1.165, 1.54) is 12.3 Å². The summed E-state index contributed by atoms with van der Waals surface area (Å²) in [6.45, 7) is 9.21. The first-order chi connectivity index (χ1) is 16.5. The van der Waals surface area contributed by atoms with Crippen LogP contribution in [0.4, 0.5) is 10.6 Å². The zero-order chi connectivity index (χ0) is 27.4. The van der Waals surface area contributed by atoms with E-state index >= 15 is 0 Å². The molecule has 2 heterocycles. The molecule has 14 nitrogen and oxygen atoms in total. The molecule has 1 fully saturated rings. The molecule has 0 aromatic carbocycles. The van der Waals surface area contributed by atoms with E-state index in [0.717, 1.165) is 4.57 Å². The molecule has 1 aromatic rings. The molecule has 5 unspecified atom stereocenters. The molecular formula is C22H34N4O10. The molecule has 5 N–H and O–H groups in total. The number of amides is 2. The molecule has 5 atom stereocenters. The third kappa shape index (κ3) is 8.26. The number of anilines is 1. The molecular weight excluding hydrogens is 480 g/mol. The Morgan fingerprint density at radius 2 is 1.72 bits per heavy atom. The van der Waals surface area contributed by atoms with Crippen molar-refractivity contribution in [2.45, 2.75) is 89.7 Å². The number of rotatable bonds is 7. The molecule has 0 aliphatic carbocycles. The van der Waals surface area contributed by atoms with Crippen molar-refractivity contribution >= 4 is 23.8 Å². The Hall–Kier alpha value is -3.07. The van der Waals surface area contributed by atoms with Crippen molar-refractivity contribution in [2.75, 3.05) is 11.9 Å². The number of hydrogen-bond acceptors (Lipinski definition) is 11. The van der Waals surface area contributed by atoms with Crippen molar-refractivity contribution in [3.8, 4) is 0 Å². The third-order valence-corrected chi connectivity index (χ3v) is 4.66. The van der Waals surface area contributed by atoms with Crippen molar-refractivity contribution in [1.82, 2.24) is 14.9 Å². The fourth-order valence-electron chi connectivity index (χ4n) is 3.18. The largest absolute Gasteiger partial charge is 0.458 e. The maximum Gasteiger partial charge on any atom is 0.408 e. The van der Waals surface area contributed by atoms with Crippen molar-refractivity contribution in [2.24, 2.45) is 0 Å². The van der Waals surface area contributed by atoms with Crippen molar-refractivity contribution in [3.63, 3.8) is 0 Å². The zero-order valence-electron chi connectivity index (χ0n) is 21.0. The number of nitrogens with one attached hydrogen (secondary N) is 2. The molecule has 14 heteroatoms. The number of esters is 1. The van der Waals surface area contributed by atoms with Crippen molar-refractivity contribution in [1.29, 1.82) is 0 Å². The zero-order valence-corrected chi connectivity index (χ0v) is 21.0. The first-order valence-electron chi connectivity index (χ1n) is 11.2. The summed E-state index contributed by atoms with van der Waals surface area (Å²) >= 11 is 0. The van der Waals surface area contributed by atoms with Gasteiger partial charge in [-0.2, -0.15) is 4.98 Å². The van der Waals surface area contributed by atoms with E-state index < -0.39 is 78.5 Å². The van der Waals surface area contributed by atoms with Crippen LogP contribution in [0.25, 0.3) is 0 Å². The quantitative estimate of drug-likeness (QED) is 0.292. The Kier molecular flexibility index (Phi) is 9.18. The molecule has 0 saturated carbocycles. The summed E-state index contributed by atoms with van der Waals surface area (Å²) in [6.07, 6.45) is -5.58. The van der Waals surface area contributed by atoms with Gasteiger partial charge in [0.2, 0.25) is 5.91 Å². The monoisotopic (exact) mass is 514 g/mol. The van der Waals surface area contributed by atoms with Crippen LogP contribution in [-0.4, -0.2) is 85.0 Å². The summed E-state index contributed by atoms with van der Waals surface area (Å²) in [5.74, 6) is -1.80. The average Bonchev–Trinajstić information content (AvgIpc) is 2.99. The van der Waals surface area contributed by atoms with Gasteiger partial charge in [0, 0.05) is 6.20 Å². The molecule has 0 bridgehead atoms. The third-order valence-electron chi connectivity index (χ3n) is 4.66. The Labute approximate surface area is 207 Å². The van der Waals surface area contributed by atoms with E-state index in [0.29, 0.717) is 0 Å². The summed E-state index contributed by atoms with van der Waals surface area (Å²) in [5, 5.41) is 33.8. The van der Waals surface area contributed by atoms with Gasteiger partial charge in [0.15, 0.2) is 6.23 Å². The normalized spacial score (nSPS) is 23.0. The molecule has 202 valence electrons. The van der Waals surface area contributed by atoms with Gasteiger partial charge in [0.25, 0.3) is 0 Å². The number of aliphatic hydroxyl groups is 3. The van der Waals surface area contributed by atoms with Gasteiger partial charge in [0.1, 0.15) is 41.4 Å². The second-order valence-electron chi connectivity index (χ2n) is 10.2. The number of carbonyl (C=O) groups excluding carboxylic acids is 3. The molecule has 1 aliphatic rings. The number of carbonyl (C=O) groups is 3. The number of alkyl carbamates (subject to hydrolysis) is 1. The highest BCUT2D eigenvalue weighted by atomic mass is 16.6. The Morgan fingerprint density at radius 3 is 2.22 bits per heavy atom. The number of nitrogens with zero attached hydrogens (tertiary/aromatic N) is 2. The van der Waals surface area contributed by atoms with E-state index in [9.17, 15) is 34.5 Å². The molecule has 36 heavy (non-hydrogen) atoms. The lowest BCUT2D eigenvalue weighted by molar-refractivity contribution is -0.158. The van der Waals surface area contributed by atoms with Gasteiger partial charge in [-0.3, -0.25) is 9.36 Å². The number of aromatic nitrogens is 2. The summed E-state index contributed by atoms with van der Waals surface area (Å²) in [6, 6.07) is -0.156. The van der Waals surface area contributed by atoms with Crippen LogP contribution in [0.2, 0.25) is 0 Å². The summed E-state index contributed by atoms with van der Waals surface area (Å²) in [7, 11) is 0. The molecule has 0 spiro atoms. The molecule has 1 saturated heterocycles. The molecule has 1 aliphatic heterocycles. The lowest BCUT2D eigenvalue weighted by atomic mass is 10.1. The predicted molar refractivity (Wildman–Crippen MR) is 124 cm³/mol. The van der Waals surface area contributed by atoms with Gasteiger partial charge in [-0.1, -0.05) is 0 Å². The van der Waals surface area contributed by atoms with Crippen LogP contribution in [0.3, 0.4) is 0 Å². The van der Waals surface area contributed by atoms with E-state index in [-0.39, 0.29) is 5.82 Å². The second-order valence-corrected chi connectivity index (χ2v) is 10.2. The van der Waals surface area contributed by atoms with Gasteiger partial charge >= 0.3 is 17.8 Å². The number of ether oxygens (including phenoxy) is 3. The molecule has 1 aromatic heterocycles. The summed E-state index contributed by atoms with van der Waals surface area (Å²) < 4.78 is 16.6. The fourth-order valence-corrected chi connectivity index (χ4v) is 3.18. The predicted octanol–water partition coefficient (Wildman–Crippen LogP) is -0.582. The van der Waals surface area contributed by atoms with Crippen LogP contribution >= 0.6 is 0 Å². The van der Waals surface area contributed by atoms with Crippen LogP contribution in [0.1, 0.15) is 54.2 Å². The fraction of sp³-hybridized carbons (Fsp3) is 0.682. The van der Waals surface area contributed by atoms with Gasteiger partial charge in [0.05, 0.1) is 13.0 Å². The lowest BCUT2D eigenvalue weighted by Gasteiger charge is -2.26. The second kappa shape index (κ2) is 11.3. The summed E-state index contributed by atoms with van der Waals surface area (Å²) in [5.41, 5.74) is -2.65. The van der Waals surface area contributed by atoms with Crippen molar-refractivity contribution < 1.29 is 43.9 Å². The smallest absolute Gasteiger partial charge is 0.408 e. The van der Waals surface area contributed by atoms with Crippen LogP contribution < -0.4 is 16.3 Å². The summed E-state index contributed by atoms with van der Waals surface area (Å²) in [4.78, 5) is 53.5. The number of hydrogen-bond donors (Lipinski definition) is 5. The van der Waals surface area contributed by atoms with Gasteiger partial charge in [-0.05, 0) is 47.6 Å². The highest BCUT2D eigenvalue weighted by Gasteiger charge is 2.43. The minimum atomic E-state index is -1.49. The molecule has 0 radical (unpaired) electrons. The minimum absolute atomic E-state index is 0.173. The van der Waals surface area contributed by atoms with Crippen LogP contribution in [0.15, 0.2) is 17.1 Å².